The van der Waals surface area contributed by atoms with Crippen molar-refractivity contribution < 1.29 is 19.2 Å². The molecule has 0 spiro atoms. The Morgan fingerprint density at radius 1 is 1.45 bits per heavy atom. The van der Waals surface area contributed by atoms with E-state index >= 15 is 0 Å². The highest BCUT2D eigenvalue weighted by molar-refractivity contribution is 5.90. The number of rotatable bonds is 4. The molecule has 7 heteroatoms. The van der Waals surface area contributed by atoms with Gasteiger partial charge < -0.3 is 10.4 Å². The van der Waals surface area contributed by atoms with E-state index in [9.17, 15) is 19.3 Å². The summed E-state index contributed by atoms with van der Waals surface area (Å²) in [5.41, 5.74) is -1.29. The third-order valence-electron chi connectivity index (χ3n) is 3.18. The molecule has 1 aromatic rings. The molecule has 1 rings (SSSR count). The van der Waals surface area contributed by atoms with Gasteiger partial charge in [-0.25, -0.2) is 9.18 Å². The monoisotopic (exact) mass is 284 g/mol. The van der Waals surface area contributed by atoms with Crippen LogP contribution in [0.4, 0.5) is 15.8 Å². The van der Waals surface area contributed by atoms with Gasteiger partial charge in [0.2, 0.25) is 0 Å². The molecule has 0 aromatic heterocycles. The molecule has 1 unspecified atom stereocenters. The van der Waals surface area contributed by atoms with Crippen molar-refractivity contribution in [2.45, 2.75) is 33.7 Å². The van der Waals surface area contributed by atoms with Crippen molar-refractivity contribution in [2.24, 2.45) is 5.41 Å². The van der Waals surface area contributed by atoms with E-state index in [1.54, 1.807) is 0 Å². The van der Waals surface area contributed by atoms with Gasteiger partial charge in [0.05, 0.1) is 16.6 Å². The van der Waals surface area contributed by atoms with Crippen LogP contribution in [0.2, 0.25) is 0 Å². The number of aromatic carboxylic acids is 1. The molecule has 0 heterocycles. The molecule has 0 saturated heterocycles. The molecule has 0 saturated carbocycles. The van der Waals surface area contributed by atoms with E-state index in [0.29, 0.717) is 6.07 Å². The van der Waals surface area contributed by atoms with Crippen LogP contribution in [0.15, 0.2) is 12.1 Å². The van der Waals surface area contributed by atoms with Crippen LogP contribution in [0.25, 0.3) is 0 Å². The lowest BCUT2D eigenvalue weighted by molar-refractivity contribution is -0.384. The molecule has 110 valence electrons. The Kier molecular flexibility index (Phi) is 4.32. The maximum atomic E-state index is 13.5. The normalized spacial score (nSPS) is 12.8. The van der Waals surface area contributed by atoms with Crippen LogP contribution in [0, 0.1) is 21.3 Å². The Hall–Kier alpha value is -2.18. The molecular formula is C13H17FN2O4. The topological polar surface area (TPSA) is 92.5 Å². The number of nitro benzene ring substituents is 1. The largest absolute Gasteiger partial charge is 0.478 e. The highest BCUT2D eigenvalue weighted by Crippen LogP contribution is 2.31. The molecule has 0 aliphatic carbocycles. The van der Waals surface area contributed by atoms with Crippen LogP contribution in [0.3, 0.4) is 0 Å². The average Bonchev–Trinajstić information content (AvgIpc) is 2.28. The van der Waals surface area contributed by atoms with Crippen LogP contribution in [-0.2, 0) is 0 Å². The van der Waals surface area contributed by atoms with Crippen LogP contribution >= 0.6 is 0 Å². The van der Waals surface area contributed by atoms with E-state index in [0.717, 1.165) is 6.07 Å². The fraction of sp³-hybridized carbons (Fsp3) is 0.462. The molecule has 0 radical (unpaired) electrons. The first-order chi connectivity index (χ1) is 9.04. The fourth-order valence-electron chi connectivity index (χ4n) is 1.44. The van der Waals surface area contributed by atoms with Gasteiger partial charge >= 0.3 is 5.97 Å². The predicted octanol–water partition coefficient (Wildman–Crippen LogP) is 3.28. The van der Waals surface area contributed by atoms with E-state index < -0.39 is 28.0 Å². The minimum atomic E-state index is -1.47. The summed E-state index contributed by atoms with van der Waals surface area (Å²) in [4.78, 5) is 21.1. The van der Waals surface area contributed by atoms with Gasteiger partial charge in [0.15, 0.2) is 0 Å². The first-order valence-electron chi connectivity index (χ1n) is 6.01. The van der Waals surface area contributed by atoms with Crippen LogP contribution in [0.5, 0.6) is 0 Å². The predicted molar refractivity (Wildman–Crippen MR) is 72.6 cm³/mol. The van der Waals surface area contributed by atoms with Gasteiger partial charge in [-0.3, -0.25) is 10.1 Å². The highest BCUT2D eigenvalue weighted by atomic mass is 19.1. The summed E-state index contributed by atoms with van der Waals surface area (Å²) in [5.74, 6) is -2.60. The molecule has 0 aliphatic rings. The Morgan fingerprint density at radius 3 is 2.40 bits per heavy atom. The smallest absolute Gasteiger partial charge is 0.338 e. The maximum absolute atomic E-state index is 13.5. The number of halogens is 1. The van der Waals surface area contributed by atoms with Crippen LogP contribution < -0.4 is 5.32 Å². The van der Waals surface area contributed by atoms with E-state index in [2.05, 4.69) is 5.32 Å². The summed E-state index contributed by atoms with van der Waals surface area (Å²) in [7, 11) is 0. The second kappa shape index (κ2) is 5.44. The number of hydrogen-bond donors (Lipinski definition) is 2. The summed E-state index contributed by atoms with van der Waals surface area (Å²) in [6.07, 6.45) is 0. The third-order valence-corrected chi connectivity index (χ3v) is 3.18. The number of nitrogens with one attached hydrogen (secondary N) is 1. The third kappa shape index (κ3) is 3.43. The minimum absolute atomic E-state index is 0.00350. The molecule has 0 bridgehead atoms. The number of hydrogen-bond acceptors (Lipinski definition) is 4. The lowest BCUT2D eigenvalue weighted by atomic mass is 9.88. The lowest BCUT2D eigenvalue weighted by Gasteiger charge is -2.28. The van der Waals surface area contributed by atoms with Crippen molar-refractivity contribution in [3.63, 3.8) is 0 Å². The Bertz CT molecular complexity index is 552. The molecule has 0 aliphatic heterocycles. The van der Waals surface area contributed by atoms with Crippen molar-refractivity contribution in [3.05, 3.63) is 33.6 Å². The summed E-state index contributed by atoms with van der Waals surface area (Å²) < 4.78 is 13.5. The van der Waals surface area contributed by atoms with Gasteiger partial charge in [-0.1, -0.05) is 20.8 Å². The average molecular weight is 284 g/mol. The zero-order valence-electron chi connectivity index (χ0n) is 11.7. The van der Waals surface area contributed by atoms with Gasteiger partial charge in [-0.05, 0) is 18.4 Å². The van der Waals surface area contributed by atoms with Crippen LogP contribution in [-0.4, -0.2) is 22.0 Å². The maximum Gasteiger partial charge on any atom is 0.338 e. The van der Waals surface area contributed by atoms with Crippen molar-refractivity contribution in [3.8, 4) is 0 Å². The number of nitro groups is 1. The van der Waals surface area contributed by atoms with Crippen molar-refractivity contribution in [1.29, 1.82) is 0 Å². The number of carbonyl (C=O) groups is 1. The first-order valence-corrected chi connectivity index (χ1v) is 6.01. The Balaban J connectivity index is 3.32. The number of nitrogens with zero attached hydrogens (tertiary/aromatic N) is 1. The molecular weight excluding hydrogens is 267 g/mol. The van der Waals surface area contributed by atoms with E-state index in [1.165, 1.54) is 0 Å². The van der Waals surface area contributed by atoms with Crippen molar-refractivity contribution in [1.82, 2.24) is 0 Å². The second-order valence-electron chi connectivity index (χ2n) is 5.64. The SMILES string of the molecule is CC(Nc1cc(C(=O)O)c(F)cc1[N+](=O)[O-])C(C)(C)C. The van der Waals surface area contributed by atoms with Gasteiger partial charge in [-0.2, -0.15) is 0 Å². The van der Waals surface area contributed by atoms with E-state index in [-0.39, 0.29) is 17.1 Å². The summed E-state index contributed by atoms with van der Waals surface area (Å²) in [6, 6.07) is 1.41. The molecule has 2 N–H and O–H groups in total. The summed E-state index contributed by atoms with van der Waals surface area (Å²) >= 11 is 0. The zero-order chi connectivity index (χ0) is 15.7. The number of benzene rings is 1. The van der Waals surface area contributed by atoms with Gasteiger partial charge in [0.1, 0.15) is 11.5 Å². The summed E-state index contributed by atoms with van der Waals surface area (Å²) in [6.45, 7) is 7.60. The van der Waals surface area contributed by atoms with Crippen molar-refractivity contribution in [2.75, 3.05) is 5.32 Å². The minimum Gasteiger partial charge on any atom is -0.478 e. The van der Waals surface area contributed by atoms with Gasteiger partial charge in [0, 0.05) is 6.04 Å². The van der Waals surface area contributed by atoms with Crippen molar-refractivity contribution >= 4 is 17.3 Å². The molecule has 1 atom stereocenters. The lowest BCUT2D eigenvalue weighted by Crippen LogP contribution is -2.31. The van der Waals surface area contributed by atoms with Gasteiger partial charge in [0.25, 0.3) is 5.69 Å². The zero-order valence-corrected chi connectivity index (χ0v) is 11.7. The standard InChI is InChI=1S/C13H17FN2O4/c1-7(13(2,3)4)15-10-5-8(12(17)18)9(14)6-11(10)16(19)20/h5-7,15H,1-4H3,(H,17,18). The quantitative estimate of drug-likeness (QED) is 0.653. The number of carboxylic acid groups (broad SMARTS) is 1. The van der Waals surface area contributed by atoms with E-state index in [1.807, 2.05) is 27.7 Å². The number of carboxylic acids is 1. The van der Waals surface area contributed by atoms with Gasteiger partial charge in [-0.15, -0.1) is 0 Å². The summed E-state index contributed by atoms with van der Waals surface area (Å²) in [5, 5.41) is 22.7. The Morgan fingerprint density at radius 2 is 2.00 bits per heavy atom. The second-order valence-corrected chi connectivity index (χ2v) is 5.64. The molecule has 20 heavy (non-hydrogen) atoms. The van der Waals surface area contributed by atoms with E-state index in [4.69, 9.17) is 5.11 Å². The molecule has 0 fully saturated rings. The molecule has 0 amide bonds. The Labute approximate surface area is 115 Å². The molecule has 1 aromatic carbocycles. The number of anilines is 1. The first kappa shape index (κ1) is 15.9. The fourth-order valence-corrected chi connectivity index (χ4v) is 1.44. The van der Waals surface area contributed by atoms with Crippen LogP contribution in [0.1, 0.15) is 38.1 Å². The molecule has 6 nitrogen and oxygen atoms in total. The highest BCUT2D eigenvalue weighted by Gasteiger charge is 2.26.